The van der Waals surface area contributed by atoms with Crippen molar-refractivity contribution >= 4 is 32.8 Å². The number of aromatic amines is 2. The molecular weight excluding hydrogens is 474 g/mol. The van der Waals surface area contributed by atoms with E-state index in [2.05, 4.69) is 78.4 Å². The monoisotopic (exact) mass is 503 g/mol. The molecule has 0 spiro atoms. The van der Waals surface area contributed by atoms with E-state index in [-0.39, 0.29) is 17.8 Å². The number of nitrogens with one attached hydrogen (secondary N) is 2. The van der Waals surface area contributed by atoms with Crippen LogP contribution in [0.15, 0.2) is 47.3 Å². The highest BCUT2D eigenvalue weighted by molar-refractivity contribution is 5.88. The summed E-state index contributed by atoms with van der Waals surface area (Å²) in [6.07, 6.45) is 0. The van der Waals surface area contributed by atoms with E-state index in [1.54, 1.807) is 21.3 Å². The predicted molar refractivity (Wildman–Crippen MR) is 150 cm³/mol. The minimum absolute atomic E-state index is 0.170. The van der Waals surface area contributed by atoms with E-state index in [4.69, 9.17) is 0 Å². The molecule has 3 aromatic carbocycles. The fourth-order valence-electron chi connectivity index (χ4n) is 6.05. The molecule has 0 saturated carbocycles. The van der Waals surface area contributed by atoms with Gasteiger partial charge in [0.25, 0.3) is 0 Å². The van der Waals surface area contributed by atoms with E-state index in [1.807, 2.05) is 19.9 Å². The normalized spacial score (nSPS) is 13.4. The third kappa shape index (κ3) is 3.39. The lowest BCUT2D eigenvalue weighted by Gasteiger charge is -2.14. The number of nitrogens with zero attached hydrogens (tertiary/aromatic N) is 5. The minimum Gasteiger partial charge on any atom is -0.283 e. The van der Waals surface area contributed by atoms with Gasteiger partial charge < -0.3 is 0 Å². The van der Waals surface area contributed by atoms with Crippen LogP contribution < -0.4 is 5.69 Å². The van der Waals surface area contributed by atoms with Gasteiger partial charge in [0.2, 0.25) is 0 Å². The number of benzene rings is 3. The highest BCUT2D eigenvalue weighted by Crippen LogP contribution is 2.33. The Morgan fingerprint density at radius 1 is 0.763 bits per heavy atom. The second kappa shape index (κ2) is 8.45. The number of hydrogen-bond donors (Lipinski definition) is 2. The van der Waals surface area contributed by atoms with Gasteiger partial charge in [-0.1, -0.05) is 12.1 Å². The van der Waals surface area contributed by atoms with E-state index in [9.17, 15) is 10.1 Å². The lowest BCUT2D eigenvalue weighted by atomic mass is 10.0. The van der Waals surface area contributed by atoms with Crippen molar-refractivity contribution in [1.82, 2.24) is 29.5 Å². The number of imidazole rings is 1. The van der Waals surface area contributed by atoms with Crippen LogP contribution in [-0.4, -0.2) is 29.5 Å². The van der Waals surface area contributed by atoms with Crippen LogP contribution in [0, 0.1) is 39.0 Å². The standard InChI is InChI=1S/C30H29N7O/c1-15-9-17(3)26-22(11-15)32-34-28(26)19(5)36-24-8-7-21(14-31)13-25(24)37(30(36)38)20(6)29-27-18(4)10-16(2)12-23(27)33-35-29/h7-13,19-20H,1-6H3,(H,32,34)(H,33,35). The molecule has 0 fully saturated rings. The van der Waals surface area contributed by atoms with Gasteiger partial charge >= 0.3 is 5.69 Å². The number of aromatic nitrogens is 6. The Bertz CT molecular complexity index is 1990. The lowest BCUT2D eigenvalue weighted by molar-refractivity contribution is 0.554. The van der Waals surface area contributed by atoms with Crippen molar-refractivity contribution < 1.29 is 0 Å². The summed E-state index contributed by atoms with van der Waals surface area (Å²) >= 11 is 0. The van der Waals surface area contributed by atoms with E-state index in [0.717, 1.165) is 61.0 Å². The van der Waals surface area contributed by atoms with Crippen molar-refractivity contribution in [2.75, 3.05) is 0 Å². The molecule has 0 amide bonds. The fourth-order valence-corrected chi connectivity index (χ4v) is 6.05. The molecule has 3 heterocycles. The van der Waals surface area contributed by atoms with Crippen LogP contribution in [0.5, 0.6) is 0 Å². The summed E-state index contributed by atoms with van der Waals surface area (Å²) in [5.74, 6) is 0. The van der Waals surface area contributed by atoms with Gasteiger partial charge in [0.1, 0.15) is 0 Å². The first-order chi connectivity index (χ1) is 18.2. The lowest BCUT2D eigenvalue weighted by Crippen LogP contribution is -2.29. The van der Waals surface area contributed by atoms with Gasteiger partial charge in [0.15, 0.2) is 0 Å². The summed E-state index contributed by atoms with van der Waals surface area (Å²) in [4.78, 5) is 14.3. The third-order valence-electron chi connectivity index (χ3n) is 7.67. The molecule has 0 saturated heterocycles. The molecule has 190 valence electrons. The number of hydrogen-bond acceptors (Lipinski definition) is 4. The Labute approximate surface area is 219 Å². The zero-order valence-corrected chi connectivity index (χ0v) is 22.3. The van der Waals surface area contributed by atoms with Crippen molar-refractivity contribution in [3.05, 3.63) is 92.2 Å². The van der Waals surface area contributed by atoms with Gasteiger partial charge in [0.05, 0.1) is 57.2 Å². The maximum Gasteiger partial charge on any atom is 0.330 e. The number of fused-ring (bicyclic) bond motifs is 3. The highest BCUT2D eigenvalue weighted by Gasteiger charge is 2.27. The quantitative estimate of drug-likeness (QED) is 0.313. The van der Waals surface area contributed by atoms with E-state index < -0.39 is 0 Å². The first kappa shape index (κ1) is 23.7. The van der Waals surface area contributed by atoms with Gasteiger partial charge in [-0.15, -0.1) is 0 Å². The first-order valence-corrected chi connectivity index (χ1v) is 12.8. The second-order valence-corrected chi connectivity index (χ2v) is 10.4. The van der Waals surface area contributed by atoms with E-state index >= 15 is 0 Å². The molecule has 3 aromatic heterocycles. The number of rotatable bonds is 4. The SMILES string of the molecule is Cc1cc(C)c2c(C(C)n3c(=O)n(C(C)c4n[nH]c5cc(C)cc(C)c45)c4cc(C#N)ccc43)n[nH]c2c1. The van der Waals surface area contributed by atoms with Crippen molar-refractivity contribution in [3.63, 3.8) is 0 Å². The maximum absolute atomic E-state index is 14.3. The molecule has 2 atom stereocenters. The molecule has 0 radical (unpaired) electrons. The molecule has 0 bridgehead atoms. The molecule has 2 N–H and O–H groups in total. The third-order valence-corrected chi connectivity index (χ3v) is 7.67. The van der Waals surface area contributed by atoms with Crippen molar-refractivity contribution in [3.8, 4) is 6.07 Å². The molecule has 0 aliphatic heterocycles. The minimum atomic E-state index is -0.372. The maximum atomic E-state index is 14.3. The number of nitriles is 1. The van der Waals surface area contributed by atoms with Gasteiger partial charge in [-0.3, -0.25) is 19.3 Å². The summed E-state index contributed by atoms with van der Waals surface area (Å²) in [5, 5.41) is 27.3. The van der Waals surface area contributed by atoms with Crippen molar-refractivity contribution in [2.45, 2.75) is 53.6 Å². The number of H-pyrrole nitrogens is 2. The smallest absolute Gasteiger partial charge is 0.283 e. The van der Waals surface area contributed by atoms with Crippen LogP contribution >= 0.6 is 0 Å². The summed E-state index contributed by atoms with van der Waals surface area (Å²) in [7, 11) is 0. The molecule has 8 heteroatoms. The topological polar surface area (TPSA) is 108 Å². The second-order valence-electron chi connectivity index (χ2n) is 10.4. The molecule has 8 nitrogen and oxygen atoms in total. The van der Waals surface area contributed by atoms with Crippen LogP contribution in [0.3, 0.4) is 0 Å². The van der Waals surface area contributed by atoms with E-state index in [1.165, 1.54) is 0 Å². The molecule has 0 aliphatic carbocycles. The van der Waals surface area contributed by atoms with Crippen LogP contribution in [-0.2, 0) is 0 Å². The average molecular weight is 504 g/mol. The predicted octanol–water partition coefficient (Wildman–Crippen LogP) is 5.88. The Hall–Kier alpha value is -4.64. The van der Waals surface area contributed by atoms with Crippen LogP contribution in [0.4, 0.5) is 0 Å². The van der Waals surface area contributed by atoms with Crippen LogP contribution in [0.25, 0.3) is 32.8 Å². The molecule has 6 rings (SSSR count). The zero-order chi connectivity index (χ0) is 26.9. The van der Waals surface area contributed by atoms with Crippen LogP contribution in [0.2, 0.25) is 0 Å². The Morgan fingerprint density at radius 3 is 1.76 bits per heavy atom. The fraction of sp³-hybridized carbons (Fsp3) is 0.267. The summed E-state index contributed by atoms with van der Waals surface area (Å²) in [6.45, 7) is 12.2. The van der Waals surface area contributed by atoms with Gasteiger partial charge in [-0.2, -0.15) is 15.5 Å². The Balaban J connectivity index is 1.60. The van der Waals surface area contributed by atoms with Crippen LogP contribution in [0.1, 0.15) is 65.1 Å². The molecule has 38 heavy (non-hydrogen) atoms. The summed E-state index contributed by atoms with van der Waals surface area (Å²) < 4.78 is 3.54. The van der Waals surface area contributed by atoms with Gasteiger partial charge in [-0.05, 0) is 94.1 Å². The van der Waals surface area contributed by atoms with E-state index in [0.29, 0.717) is 11.1 Å². The Morgan fingerprint density at radius 2 is 1.26 bits per heavy atom. The van der Waals surface area contributed by atoms with Gasteiger partial charge in [-0.25, -0.2) is 4.79 Å². The molecule has 6 aromatic rings. The first-order valence-electron chi connectivity index (χ1n) is 12.8. The van der Waals surface area contributed by atoms with Crippen molar-refractivity contribution in [2.24, 2.45) is 0 Å². The summed E-state index contributed by atoms with van der Waals surface area (Å²) in [5.41, 5.74) is 9.80. The summed E-state index contributed by atoms with van der Waals surface area (Å²) in [6, 6.07) is 15.3. The number of aryl methyl sites for hydroxylation is 4. The molecular formula is C30H29N7O. The van der Waals surface area contributed by atoms with Gasteiger partial charge in [0, 0.05) is 10.8 Å². The Kier molecular flexibility index (Phi) is 5.28. The average Bonchev–Trinajstić information content (AvgIpc) is 3.56. The zero-order valence-electron chi connectivity index (χ0n) is 22.3. The molecule has 0 aliphatic rings. The molecule has 2 unspecified atom stereocenters. The highest BCUT2D eigenvalue weighted by atomic mass is 16.1. The van der Waals surface area contributed by atoms with Crippen molar-refractivity contribution in [1.29, 1.82) is 5.26 Å². The largest absolute Gasteiger partial charge is 0.330 e.